The van der Waals surface area contributed by atoms with Crippen molar-refractivity contribution in [3.63, 3.8) is 0 Å². The quantitative estimate of drug-likeness (QED) is 0.698. The lowest BCUT2D eigenvalue weighted by molar-refractivity contribution is -0.125. The fourth-order valence-corrected chi connectivity index (χ4v) is 4.96. The predicted octanol–water partition coefficient (Wildman–Crippen LogP) is 0.931. The summed E-state index contributed by atoms with van der Waals surface area (Å²) in [6.45, 7) is 1.81. The molecule has 2 amide bonds. The van der Waals surface area contributed by atoms with Crippen molar-refractivity contribution in [2.75, 3.05) is 37.0 Å². The van der Waals surface area contributed by atoms with Crippen LogP contribution in [0.15, 0.2) is 22.7 Å². The second-order valence-electron chi connectivity index (χ2n) is 6.26. The van der Waals surface area contributed by atoms with Crippen LogP contribution in [0.1, 0.15) is 12.0 Å². The highest BCUT2D eigenvalue weighted by Crippen LogP contribution is 2.19. The van der Waals surface area contributed by atoms with E-state index in [0.717, 1.165) is 10.0 Å². The van der Waals surface area contributed by atoms with E-state index in [-0.39, 0.29) is 42.5 Å². The van der Waals surface area contributed by atoms with E-state index in [1.807, 2.05) is 19.1 Å². The molecule has 7 nitrogen and oxygen atoms in total. The SMILES string of the molecule is Cc1cc(Br)ccc1NC(=O)CNC(=O)CN(C)C1CCS(=O)(=O)C1. The lowest BCUT2D eigenvalue weighted by Crippen LogP contribution is -2.43. The summed E-state index contributed by atoms with van der Waals surface area (Å²) in [6, 6.07) is 5.35. The van der Waals surface area contributed by atoms with Gasteiger partial charge in [-0.05, 0) is 44.2 Å². The summed E-state index contributed by atoms with van der Waals surface area (Å²) in [6.07, 6.45) is 0.537. The Kier molecular flexibility index (Phi) is 6.59. The number of nitrogens with zero attached hydrogens (tertiary/aromatic N) is 1. The van der Waals surface area contributed by atoms with Crippen molar-refractivity contribution in [3.05, 3.63) is 28.2 Å². The number of likely N-dealkylation sites (N-methyl/N-ethyl adjacent to an activating group) is 1. The number of halogens is 1. The number of nitrogens with one attached hydrogen (secondary N) is 2. The highest BCUT2D eigenvalue weighted by molar-refractivity contribution is 9.10. The number of aryl methyl sites for hydroxylation is 1. The molecule has 1 aromatic carbocycles. The Labute approximate surface area is 156 Å². The zero-order chi connectivity index (χ0) is 18.6. The number of benzene rings is 1. The molecule has 1 aromatic rings. The third kappa shape index (κ3) is 6.09. The summed E-state index contributed by atoms with van der Waals surface area (Å²) in [5.74, 6) is -0.377. The number of anilines is 1. The average molecular weight is 432 g/mol. The molecule has 1 saturated heterocycles. The summed E-state index contributed by atoms with van der Waals surface area (Å²) in [5, 5.41) is 5.30. The molecule has 0 spiro atoms. The first-order chi connectivity index (χ1) is 11.7. The summed E-state index contributed by atoms with van der Waals surface area (Å²) in [5.41, 5.74) is 1.60. The Hall–Kier alpha value is -1.45. The van der Waals surface area contributed by atoms with Gasteiger partial charge in [0.15, 0.2) is 9.84 Å². The van der Waals surface area contributed by atoms with E-state index < -0.39 is 9.84 Å². The smallest absolute Gasteiger partial charge is 0.243 e. The highest BCUT2D eigenvalue weighted by Gasteiger charge is 2.31. The molecule has 25 heavy (non-hydrogen) atoms. The van der Waals surface area contributed by atoms with Gasteiger partial charge in [0.05, 0.1) is 24.6 Å². The Morgan fingerprint density at radius 3 is 2.64 bits per heavy atom. The van der Waals surface area contributed by atoms with Crippen molar-refractivity contribution in [1.29, 1.82) is 0 Å². The van der Waals surface area contributed by atoms with Crippen LogP contribution in [0, 0.1) is 6.92 Å². The fraction of sp³-hybridized carbons (Fsp3) is 0.500. The van der Waals surface area contributed by atoms with Gasteiger partial charge in [0.2, 0.25) is 11.8 Å². The Morgan fingerprint density at radius 2 is 2.04 bits per heavy atom. The van der Waals surface area contributed by atoms with Crippen LogP contribution in [-0.4, -0.2) is 62.8 Å². The van der Waals surface area contributed by atoms with Gasteiger partial charge in [-0.2, -0.15) is 0 Å². The van der Waals surface area contributed by atoms with E-state index >= 15 is 0 Å². The van der Waals surface area contributed by atoms with E-state index in [9.17, 15) is 18.0 Å². The molecule has 2 rings (SSSR count). The third-order valence-corrected chi connectivity index (χ3v) is 6.38. The molecule has 0 radical (unpaired) electrons. The van der Waals surface area contributed by atoms with Gasteiger partial charge < -0.3 is 10.6 Å². The van der Waals surface area contributed by atoms with E-state index in [1.165, 1.54) is 0 Å². The monoisotopic (exact) mass is 431 g/mol. The maximum atomic E-state index is 12.0. The Morgan fingerprint density at radius 1 is 1.32 bits per heavy atom. The summed E-state index contributed by atoms with van der Waals surface area (Å²) in [7, 11) is -1.27. The molecule has 1 heterocycles. The molecular weight excluding hydrogens is 410 g/mol. The molecule has 1 fully saturated rings. The van der Waals surface area contributed by atoms with Crippen LogP contribution in [-0.2, 0) is 19.4 Å². The number of carbonyl (C=O) groups excluding carboxylic acids is 2. The van der Waals surface area contributed by atoms with Crippen molar-refractivity contribution < 1.29 is 18.0 Å². The van der Waals surface area contributed by atoms with Crippen LogP contribution in [0.4, 0.5) is 5.69 Å². The maximum absolute atomic E-state index is 12.0. The van der Waals surface area contributed by atoms with Gasteiger partial charge in [-0.1, -0.05) is 15.9 Å². The van der Waals surface area contributed by atoms with Crippen LogP contribution >= 0.6 is 15.9 Å². The van der Waals surface area contributed by atoms with E-state index in [0.29, 0.717) is 12.1 Å². The summed E-state index contributed by atoms with van der Waals surface area (Å²) >= 11 is 3.36. The number of amides is 2. The van der Waals surface area contributed by atoms with Gasteiger partial charge in [-0.25, -0.2) is 8.42 Å². The zero-order valence-corrected chi connectivity index (χ0v) is 16.6. The number of rotatable bonds is 6. The second kappa shape index (κ2) is 8.29. The Balaban J connectivity index is 1.76. The van der Waals surface area contributed by atoms with Crippen molar-refractivity contribution in [1.82, 2.24) is 10.2 Å². The van der Waals surface area contributed by atoms with Crippen molar-refractivity contribution in [2.45, 2.75) is 19.4 Å². The highest BCUT2D eigenvalue weighted by atomic mass is 79.9. The van der Waals surface area contributed by atoms with Crippen molar-refractivity contribution >= 4 is 43.3 Å². The number of hydrogen-bond acceptors (Lipinski definition) is 5. The number of hydrogen-bond donors (Lipinski definition) is 2. The van der Waals surface area contributed by atoms with E-state index in [2.05, 4.69) is 26.6 Å². The predicted molar refractivity (Wildman–Crippen MR) is 100 cm³/mol. The normalized spacial score (nSPS) is 19.0. The lowest BCUT2D eigenvalue weighted by Gasteiger charge is -2.22. The van der Waals surface area contributed by atoms with Gasteiger partial charge >= 0.3 is 0 Å². The molecule has 0 bridgehead atoms. The first-order valence-corrected chi connectivity index (χ1v) is 10.5. The average Bonchev–Trinajstić information content (AvgIpc) is 2.88. The number of sulfone groups is 1. The summed E-state index contributed by atoms with van der Waals surface area (Å²) < 4.78 is 23.9. The first kappa shape index (κ1) is 19.9. The van der Waals surface area contributed by atoms with Crippen LogP contribution in [0.25, 0.3) is 0 Å². The minimum Gasteiger partial charge on any atom is -0.346 e. The standard InChI is InChI=1S/C16H22BrN3O4S/c1-11-7-12(17)3-4-14(11)19-15(21)8-18-16(22)9-20(2)13-5-6-25(23,24)10-13/h3-4,7,13H,5-6,8-10H2,1-2H3,(H,18,22)(H,19,21). The van der Waals surface area contributed by atoms with Crippen LogP contribution < -0.4 is 10.6 Å². The molecule has 138 valence electrons. The lowest BCUT2D eigenvalue weighted by atomic mass is 10.2. The molecule has 1 atom stereocenters. The van der Waals surface area contributed by atoms with Gasteiger partial charge in [0.25, 0.3) is 0 Å². The summed E-state index contributed by atoms with van der Waals surface area (Å²) in [4.78, 5) is 25.6. The number of carbonyl (C=O) groups is 2. The largest absolute Gasteiger partial charge is 0.346 e. The second-order valence-corrected chi connectivity index (χ2v) is 9.40. The molecule has 0 saturated carbocycles. The minimum absolute atomic E-state index is 0.0603. The fourth-order valence-electron chi connectivity index (χ4n) is 2.68. The first-order valence-electron chi connectivity index (χ1n) is 7.89. The molecule has 0 aromatic heterocycles. The molecule has 1 unspecified atom stereocenters. The van der Waals surface area contributed by atoms with Gasteiger partial charge in [-0.15, -0.1) is 0 Å². The van der Waals surface area contributed by atoms with Crippen molar-refractivity contribution in [3.8, 4) is 0 Å². The molecule has 0 aliphatic carbocycles. The van der Waals surface area contributed by atoms with Gasteiger partial charge in [0.1, 0.15) is 0 Å². The zero-order valence-electron chi connectivity index (χ0n) is 14.2. The van der Waals surface area contributed by atoms with Crippen LogP contribution in [0.3, 0.4) is 0 Å². The Bertz CT molecular complexity index is 767. The molecule has 2 N–H and O–H groups in total. The molecular formula is C16H22BrN3O4S. The van der Waals surface area contributed by atoms with E-state index in [4.69, 9.17) is 0 Å². The van der Waals surface area contributed by atoms with Gasteiger partial charge in [-0.3, -0.25) is 14.5 Å². The van der Waals surface area contributed by atoms with Gasteiger partial charge in [0, 0.05) is 16.2 Å². The molecule has 9 heteroatoms. The molecule has 1 aliphatic heterocycles. The third-order valence-electron chi connectivity index (χ3n) is 4.13. The van der Waals surface area contributed by atoms with Crippen LogP contribution in [0.5, 0.6) is 0 Å². The maximum Gasteiger partial charge on any atom is 0.243 e. The van der Waals surface area contributed by atoms with Crippen molar-refractivity contribution in [2.24, 2.45) is 0 Å². The minimum atomic E-state index is -2.98. The van der Waals surface area contributed by atoms with Crippen LogP contribution in [0.2, 0.25) is 0 Å². The molecule has 1 aliphatic rings. The topological polar surface area (TPSA) is 95.6 Å². The van der Waals surface area contributed by atoms with E-state index in [1.54, 1.807) is 18.0 Å².